The number of nitrogens with two attached hydrogens (primary N) is 1. The van der Waals surface area contributed by atoms with Gasteiger partial charge in [0.25, 0.3) is 0 Å². The van der Waals surface area contributed by atoms with E-state index in [9.17, 15) is 0 Å². The first-order valence-corrected chi connectivity index (χ1v) is 4.83. The fraction of sp³-hybridized carbons (Fsp3) is 0.889. The van der Waals surface area contributed by atoms with Crippen LogP contribution in [-0.2, 0) is 4.74 Å². The van der Waals surface area contributed by atoms with Crippen molar-refractivity contribution >= 4 is 5.84 Å². The molecular weight excluding hydrogens is 166 g/mol. The number of morpholine rings is 1. The summed E-state index contributed by atoms with van der Waals surface area (Å²) in [5.74, 6) is 0.636. The lowest BCUT2D eigenvalue weighted by Crippen LogP contribution is -2.43. The zero-order valence-corrected chi connectivity index (χ0v) is 8.49. The first kappa shape index (κ1) is 10.5. The Kier molecular flexibility index (Phi) is 4.18. The Labute approximate surface area is 79.8 Å². The summed E-state index contributed by atoms with van der Waals surface area (Å²) in [6.45, 7) is 8.59. The second-order valence-corrected chi connectivity index (χ2v) is 3.37. The van der Waals surface area contributed by atoms with Gasteiger partial charge in [-0.2, -0.15) is 0 Å². The highest BCUT2D eigenvalue weighted by Crippen LogP contribution is 2.04. The van der Waals surface area contributed by atoms with Crippen molar-refractivity contribution in [3.05, 3.63) is 0 Å². The number of nitrogens with zero attached hydrogens (tertiary/aromatic N) is 2. The Hall–Kier alpha value is -0.610. The molecular formula is C9H19N3O. The molecule has 0 aromatic heterocycles. The van der Waals surface area contributed by atoms with E-state index in [1.165, 1.54) is 0 Å². The second kappa shape index (κ2) is 5.19. The third-order valence-electron chi connectivity index (χ3n) is 2.21. The van der Waals surface area contributed by atoms with Crippen molar-refractivity contribution in [3.8, 4) is 0 Å². The van der Waals surface area contributed by atoms with Crippen molar-refractivity contribution in [2.75, 3.05) is 32.8 Å². The number of rotatable bonds is 3. The third-order valence-corrected chi connectivity index (χ3v) is 2.21. The molecule has 1 saturated heterocycles. The molecule has 1 heterocycles. The van der Waals surface area contributed by atoms with Crippen LogP contribution in [-0.4, -0.2) is 49.6 Å². The van der Waals surface area contributed by atoms with Gasteiger partial charge in [-0.05, 0) is 13.5 Å². The molecule has 13 heavy (non-hydrogen) atoms. The van der Waals surface area contributed by atoms with E-state index in [4.69, 9.17) is 10.5 Å². The molecule has 76 valence electrons. The lowest BCUT2D eigenvalue weighted by atomic mass is 10.3. The maximum Gasteiger partial charge on any atom is 0.0906 e. The number of amidine groups is 1. The summed E-state index contributed by atoms with van der Waals surface area (Å²) in [6.07, 6.45) is 0.229. The molecule has 4 heteroatoms. The van der Waals surface area contributed by atoms with Gasteiger partial charge in [0.05, 0.1) is 25.1 Å². The molecule has 1 aliphatic heterocycles. The van der Waals surface area contributed by atoms with Gasteiger partial charge in [0, 0.05) is 13.1 Å². The van der Waals surface area contributed by atoms with E-state index in [2.05, 4.69) is 16.8 Å². The summed E-state index contributed by atoms with van der Waals surface area (Å²) < 4.78 is 5.56. The fourth-order valence-electron chi connectivity index (χ4n) is 1.42. The Morgan fingerprint density at radius 1 is 1.69 bits per heavy atom. The van der Waals surface area contributed by atoms with Crippen LogP contribution in [0.25, 0.3) is 0 Å². The minimum absolute atomic E-state index is 0.229. The van der Waals surface area contributed by atoms with E-state index < -0.39 is 0 Å². The largest absolute Gasteiger partial charge is 0.388 e. The number of hydrogen-bond acceptors (Lipinski definition) is 3. The molecule has 2 N–H and O–H groups in total. The van der Waals surface area contributed by atoms with E-state index in [1.54, 1.807) is 6.92 Å². The minimum Gasteiger partial charge on any atom is -0.388 e. The molecule has 0 radical (unpaired) electrons. The molecule has 1 rings (SSSR count). The third kappa shape index (κ3) is 3.74. The Balaban J connectivity index is 2.30. The highest BCUT2D eigenvalue weighted by Gasteiger charge is 2.18. The molecule has 1 atom stereocenters. The summed E-state index contributed by atoms with van der Waals surface area (Å²) >= 11 is 0. The molecule has 0 bridgehead atoms. The molecule has 0 aliphatic carbocycles. The van der Waals surface area contributed by atoms with Gasteiger partial charge in [-0.3, -0.25) is 9.89 Å². The summed E-state index contributed by atoms with van der Waals surface area (Å²) in [7, 11) is 0. The smallest absolute Gasteiger partial charge is 0.0906 e. The summed E-state index contributed by atoms with van der Waals surface area (Å²) in [5, 5.41) is 0. The van der Waals surface area contributed by atoms with E-state index in [0.717, 1.165) is 26.2 Å². The highest BCUT2D eigenvalue weighted by molar-refractivity contribution is 5.77. The van der Waals surface area contributed by atoms with E-state index in [-0.39, 0.29) is 6.10 Å². The number of hydrogen-bond donors (Lipinski definition) is 1. The lowest BCUT2D eigenvalue weighted by Gasteiger charge is -2.31. The van der Waals surface area contributed by atoms with E-state index in [1.807, 2.05) is 0 Å². The maximum atomic E-state index is 5.56. The molecule has 0 saturated carbocycles. The van der Waals surface area contributed by atoms with Crippen molar-refractivity contribution in [3.63, 3.8) is 0 Å². The maximum absolute atomic E-state index is 5.56. The predicted molar refractivity (Wildman–Crippen MR) is 54.0 cm³/mol. The van der Waals surface area contributed by atoms with Crippen LogP contribution in [0.3, 0.4) is 0 Å². The second-order valence-electron chi connectivity index (χ2n) is 3.37. The SMILES string of the molecule is CCN1CCOC(CN=C(C)N)C1. The van der Waals surface area contributed by atoms with Gasteiger partial charge in [-0.25, -0.2) is 0 Å². The molecule has 1 fully saturated rings. The van der Waals surface area contributed by atoms with Crippen molar-refractivity contribution in [2.24, 2.45) is 10.7 Å². The van der Waals surface area contributed by atoms with Crippen LogP contribution < -0.4 is 5.73 Å². The first-order chi connectivity index (χ1) is 6.22. The Morgan fingerprint density at radius 3 is 3.08 bits per heavy atom. The molecule has 0 amide bonds. The topological polar surface area (TPSA) is 50.8 Å². The van der Waals surface area contributed by atoms with Crippen LogP contribution in [0.2, 0.25) is 0 Å². The van der Waals surface area contributed by atoms with Gasteiger partial charge in [-0.1, -0.05) is 6.92 Å². The number of aliphatic imine (C=N–C) groups is 1. The van der Waals surface area contributed by atoms with Gasteiger partial charge in [0.1, 0.15) is 0 Å². The van der Waals surface area contributed by atoms with Gasteiger partial charge in [-0.15, -0.1) is 0 Å². The Bertz CT molecular complexity index is 178. The van der Waals surface area contributed by atoms with Gasteiger partial charge < -0.3 is 10.5 Å². The van der Waals surface area contributed by atoms with Gasteiger partial charge >= 0.3 is 0 Å². The van der Waals surface area contributed by atoms with Gasteiger partial charge in [0.2, 0.25) is 0 Å². The van der Waals surface area contributed by atoms with Crippen LogP contribution in [0.4, 0.5) is 0 Å². The number of ether oxygens (including phenoxy) is 1. The van der Waals surface area contributed by atoms with Crippen LogP contribution >= 0.6 is 0 Å². The van der Waals surface area contributed by atoms with E-state index >= 15 is 0 Å². The lowest BCUT2D eigenvalue weighted by molar-refractivity contribution is -0.0209. The molecule has 1 unspecified atom stereocenters. The molecule has 0 spiro atoms. The summed E-state index contributed by atoms with van der Waals surface area (Å²) in [6, 6.07) is 0. The van der Waals surface area contributed by atoms with Crippen LogP contribution in [0.1, 0.15) is 13.8 Å². The summed E-state index contributed by atoms with van der Waals surface area (Å²) in [5.41, 5.74) is 5.46. The highest BCUT2D eigenvalue weighted by atomic mass is 16.5. The molecule has 4 nitrogen and oxygen atoms in total. The van der Waals surface area contributed by atoms with Crippen LogP contribution in [0.5, 0.6) is 0 Å². The van der Waals surface area contributed by atoms with Crippen LogP contribution in [0.15, 0.2) is 4.99 Å². The minimum atomic E-state index is 0.229. The van der Waals surface area contributed by atoms with Crippen molar-refractivity contribution in [1.29, 1.82) is 0 Å². The van der Waals surface area contributed by atoms with Crippen molar-refractivity contribution in [2.45, 2.75) is 20.0 Å². The van der Waals surface area contributed by atoms with E-state index in [0.29, 0.717) is 12.4 Å². The van der Waals surface area contributed by atoms with Crippen molar-refractivity contribution in [1.82, 2.24) is 4.90 Å². The normalized spacial score (nSPS) is 26.3. The standard InChI is InChI=1S/C9H19N3O/c1-3-12-4-5-13-9(7-12)6-11-8(2)10/h9H,3-7H2,1-2H3,(H2,10,11). The summed E-state index contributed by atoms with van der Waals surface area (Å²) in [4.78, 5) is 6.53. The fourth-order valence-corrected chi connectivity index (χ4v) is 1.42. The zero-order chi connectivity index (χ0) is 9.68. The average molecular weight is 185 g/mol. The predicted octanol–water partition coefficient (Wildman–Crippen LogP) is 0.0842. The molecule has 0 aromatic carbocycles. The van der Waals surface area contributed by atoms with Gasteiger partial charge in [0.15, 0.2) is 0 Å². The quantitative estimate of drug-likeness (QED) is 0.500. The first-order valence-electron chi connectivity index (χ1n) is 4.83. The monoisotopic (exact) mass is 185 g/mol. The number of likely N-dealkylation sites (N-methyl/N-ethyl adjacent to an activating group) is 1. The Morgan fingerprint density at radius 2 is 2.46 bits per heavy atom. The molecule has 1 aliphatic rings. The van der Waals surface area contributed by atoms with Crippen LogP contribution in [0, 0.1) is 0 Å². The zero-order valence-electron chi connectivity index (χ0n) is 8.49. The molecule has 0 aromatic rings. The average Bonchev–Trinajstić information content (AvgIpc) is 2.15. The van der Waals surface area contributed by atoms with Crippen molar-refractivity contribution < 1.29 is 4.74 Å².